The number of carbonyl (C=O) groups excluding carboxylic acids is 3. The van der Waals surface area contributed by atoms with Crippen molar-refractivity contribution in [1.29, 1.82) is 5.26 Å². The largest absolute Gasteiger partial charge is 0.469 e. The van der Waals surface area contributed by atoms with Crippen LogP contribution >= 0.6 is 0 Å². The van der Waals surface area contributed by atoms with Crippen molar-refractivity contribution < 1.29 is 19.1 Å². The zero-order valence-electron chi connectivity index (χ0n) is 22.0. The van der Waals surface area contributed by atoms with Gasteiger partial charge in [-0.05, 0) is 49.1 Å². The van der Waals surface area contributed by atoms with E-state index in [1.165, 1.54) is 31.4 Å². The molecule has 0 bridgehead atoms. The number of nitriles is 1. The Balaban J connectivity index is 1.54. The first-order chi connectivity index (χ1) is 19.3. The number of hydrogen-bond donors (Lipinski definition) is 2. The lowest BCUT2D eigenvalue weighted by molar-refractivity contribution is -0.144. The van der Waals surface area contributed by atoms with E-state index >= 15 is 0 Å². The number of anilines is 1. The number of rotatable bonds is 10. The number of H-pyrrole nitrogens is 1. The van der Waals surface area contributed by atoms with Crippen molar-refractivity contribution in [1.82, 2.24) is 14.5 Å². The fraction of sp³-hybridized carbons (Fsp3) is 0.310. The summed E-state index contributed by atoms with van der Waals surface area (Å²) in [6.07, 6.45) is 2.59. The molecule has 206 valence electrons. The van der Waals surface area contributed by atoms with Crippen LogP contribution in [0.4, 0.5) is 5.69 Å². The Morgan fingerprint density at radius 2 is 1.82 bits per heavy atom. The van der Waals surface area contributed by atoms with Gasteiger partial charge in [-0.15, -0.1) is 0 Å². The normalized spacial score (nSPS) is 16.4. The van der Waals surface area contributed by atoms with E-state index in [2.05, 4.69) is 10.3 Å². The lowest BCUT2D eigenvalue weighted by atomic mass is 10.0. The summed E-state index contributed by atoms with van der Waals surface area (Å²) in [6.45, 7) is 0.239. The van der Waals surface area contributed by atoms with Crippen LogP contribution in [0.5, 0.6) is 0 Å². The van der Waals surface area contributed by atoms with Gasteiger partial charge in [0.15, 0.2) is 0 Å². The van der Waals surface area contributed by atoms with Crippen LogP contribution in [-0.4, -0.2) is 51.9 Å². The zero-order chi connectivity index (χ0) is 28.6. The van der Waals surface area contributed by atoms with Crippen LogP contribution < -0.4 is 16.6 Å². The van der Waals surface area contributed by atoms with Gasteiger partial charge in [-0.1, -0.05) is 30.3 Å². The van der Waals surface area contributed by atoms with Gasteiger partial charge in [0.25, 0.3) is 11.5 Å². The number of likely N-dealkylation sites (tertiary alicyclic amines) is 1. The zero-order valence-corrected chi connectivity index (χ0v) is 22.0. The molecule has 1 aliphatic rings. The molecule has 1 aromatic heterocycles. The SMILES string of the molecule is COC(=O)C[C@@H]1C[C@@H](Cn2c(=O)[nH]cc(C(=O)Nc3ccc(C#N)cc3)c2=O)N(CCCc2ccccc2)C1=O. The van der Waals surface area contributed by atoms with Crippen molar-refractivity contribution in [2.75, 3.05) is 19.0 Å². The van der Waals surface area contributed by atoms with Crippen LogP contribution in [0.25, 0.3) is 0 Å². The number of esters is 1. The average molecular weight is 544 g/mol. The topological polar surface area (TPSA) is 154 Å². The number of nitrogens with one attached hydrogen (secondary N) is 2. The van der Waals surface area contributed by atoms with E-state index in [1.54, 1.807) is 4.90 Å². The Morgan fingerprint density at radius 1 is 1.10 bits per heavy atom. The molecule has 11 nitrogen and oxygen atoms in total. The Bertz CT molecular complexity index is 1540. The van der Waals surface area contributed by atoms with Gasteiger partial charge in [-0.25, -0.2) is 4.79 Å². The minimum absolute atomic E-state index is 0.0979. The average Bonchev–Trinajstić information content (AvgIpc) is 3.25. The van der Waals surface area contributed by atoms with Gasteiger partial charge in [0.2, 0.25) is 5.91 Å². The second kappa shape index (κ2) is 12.7. The molecule has 0 radical (unpaired) electrons. The highest BCUT2D eigenvalue weighted by molar-refractivity contribution is 6.03. The van der Waals surface area contributed by atoms with Crippen LogP contribution in [0.2, 0.25) is 0 Å². The summed E-state index contributed by atoms with van der Waals surface area (Å²) in [6, 6.07) is 17.3. The molecule has 40 heavy (non-hydrogen) atoms. The molecule has 11 heteroatoms. The summed E-state index contributed by atoms with van der Waals surface area (Å²) < 4.78 is 5.66. The molecule has 1 aliphatic heterocycles. The number of methoxy groups -OCH3 is 1. The van der Waals surface area contributed by atoms with Gasteiger partial charge in [0.05, 0.1) is 43.7 Å². The van der Waals surface area contributed by atoms with Gasteiger partial charge in [0, 0.05) is 18.4 Å². The molecule has 0 unspecified atom stereocenters. The van der Waals surface area contributed by atoms with E-state index < -0.39 is 35.1 Å². The molecule has 2 amide bonds. The van der Waals surface area contributed by atoms with E-state index in [4.69, 9.17) is 10.00 Å². The van der Waals surface area contributed by atoms with Gasteiger partial charge in [-0.2, -0.15) is 5.26 Å². The summed E-state index contributed by atoms with van der Waals surface area (Å²) in [5.74, 6) is -2.11. The molecule has 2 atom stereocenters. The van der Waals surface area contributed by atoms with Crippen molar-refractivity contribution in [2.24, 2.45) is 5.92 Å². The second-order valence-electron chi connectivity index (χ2n) is 9.55. The predicted molar refractivity (Wildman–Crippen MR) is 145 cm³/mol. The van der Waals surface area contributed by atoms with E-state index in [-0.39, 0.29) is 30.9 Å². The smallest absolute Gasteiger partial charge is 0.328 e. The molecule has 2 aromatic carbocycles. The quantitative estimate of drug-likeness (QED) is 0.371. The van der Waals surface area contributed by atoms with E-state index in [9.17, 15) is 24.0 Å². The molecule has 0 saturated carbocycles. The fourth-order valence-electron chi connectivity index (χ4n) is 4.87. The van der Waals surface area contributed by atoms with Gasteiger partial charge < -0.3 is 19.9 Å². The number of nitrogens with zero attached hydrogens (tertiary/aromatic N) is 3. The van der Waals surface area contributed by atoms with Crippen LogP contribution in [0.15, 0.2) is 70.4 Å². The molecule has 1 fully saturated rings. The summed E-state index contributed by atoms with van der Waals surface area (Å²) in [5.41, 5.74) is 0.101. The summed E-state index contributed by atoms with van der Waals surface area (Å²) in [5, 5.41) is 11.5. The van der Waals surface area contributed by atoms with Crippen LogP contribution in [0.3, 0.4) is 0 Å². The highest BCUT2D eigenvalue weighted by Gasteiger charge is 2.40. The van der Waals surface area contributed by atoms with Gasteiger partial charge in [-0.3, -0.25) is 23.7 Å². The molecule has 4 rings (SSSR count). The molecule has 0 spiro atoms. The minimum atomic E-state index is -0.803. The molecular weight excluding hydrogens is 514 g/mol. The van der Waals surface area contributed by atoms with Crippen molar-refractivity contribution in [3.63, 3.8) is 0 Å². The third-order valence-electron chi connectivity index (χ3n) is 6.95. The standard InChI is InChI=1S/C29H29N5O6/c1-40-25(35)15-21-14-23(33(27(21)37)13-5-8-19-6-3-2-4-7-19)18-34-28(38)24(17-31-29(34)39)26(36)32-22-11-9-20(16-30)10-12-22/h2-4,6-7,9-12,17,21,23H,5,8,13-15,18H2,1H3,(H,31,39)(H,32,36)/t21-,23-/m0/s1. The first-order valence-corrected chi connectivity index (χ1v) is 12.9. The number of carbonyl (C=O) groups is 3. The van der Waals surface area contributed by atoms with Gasteiger partial charge >= 0.3 is 11.7 Å². The molecule has 3 aromatic rings. The minimum Gasteiger partial charge on any atom is -0.469 e. The fourth-order valence-corrected chi connectivity index (χ4v) is 4.87. The van der Waals surface area contributed by atoms with Crippen molar-refractivity contribution >= 4 is 23.5 Å². The Hall–Kier alpha value is -4.98. The number of amides is 2. The van der Waals surface area contributed by atoms with Gasteiger partial charge in [0.1, 0.15) is 5.56 Å². The van der Waals surface area contributed by atoms with Crippen LogP contribution in [0, 0.1) is 17.2 Å². The number of benzene rings is 2. The third-order valence-corrected chi connectivity index (χ3v) is 6.95. The Morgan fingerprint density at radius 3 is 2.50 bits per heavy atom. The first kappa shape index (κ1) is 28.0. The lowest BCUT2D eigenvalue weighted by Gasteiger charge is -2.25. The van der Waals surface area contributed by atoms with Crippen LogP contribution in [0.1, 0.15) is 40.7 Å². The maximum Gasteiger partial charge on any atom is 0.328 e. The highest BCUT2D eigenvalue weighted by Crippen LogP contribution is 2.29. The summed E-state index contributed by atoms with van der Waals surface area (Å²) in [7, 11) is 1.25. The maximum absolute atomic E-state index is 13.3. The Kier molecular flexibility index (Phi) is 8.91. The number of hydrogen-bond acceptors (Lipinski definition) is 7. The van der Waals surface area contributed by atoms with Crippen LogP contribution in [-0.2, 0) is 27.3 Å². The number of aryl methyl sites for hydroxylation is 1. The van der Waals surface area contributed by atoms with E-state index in [0.717, 1.165) is 22.7 Å². The lowest BCUT2D eigenvalue weighted by Crippen LogP contribution is -2.45. The second-order valence-corrected chi connectivity index (χ2v) is 9.55. The maximum atomic E-state index is 13.3. The summed E-state index contributed by atoms with van der Waals surface area (Å²) >= 11 is 0. The third kappa shape index (κ3) is 6.53. The number of aromatic amines is 1. The number of ether oxygens (including phenoxy) is 1. The number of aromatic nitrogens is 2. The van der Waals surface area contributed by atoms with E-state index in [0.29, 0.717) is 24.2 Å². The monoisotopic (exact) mass is 543 g/mol. The predicted octanol–water partition coefficient (Wildman–Crippen LogP) is 2.07. The molecule has 0 aliphatic carbocycles. The molecule has 2 N–H and O–H groups in total. The summed E-state index contributed by atoms with van der Waals surface area (Å²) in [4.78, 5) is 68.1. The Labute approximate surface area is 230 Å². The molecular formula is C29H29N5O6. The highest BCUT2D eigenvalue weighted by atomic mass is 16.5. The first-order valence-electron chi connectivity index (χ1n) is 12.9. The molecule has 1 saturated heterocycles. The molecule has 2 heterocycles. The van der Waals surface area contributed by atoms with Crippen molar-refractivity contribution in [2.45, 2.75) is 38.3 Å². The van der Waals surface area contributed by atoms with Crippen molar-refractivity contribution in [3.05, 3.63) is 98.3 Å². The van der Waals surface area contributed by atoms with E-state index in [1.807, 2.05) is 36.4 Å². The van der Waals surface area contributed by atoms with Crippen molar-refractivity contribution in [3.8, 4) is 6.07 Å².